The Hall–Kier alpha value is -2.40. The van der Waals surface area contributed by atoms with Gasteiger partial charge in [0.05, 0.1) is 6.54 Å². The number of benzene rings is 2. The van der Waals surface area contributed by atoms with Crippen molar-refractivity contribution < 1.29 is 13.0 Å². The van der Waals surface area contributed by atoms with Crippen LogP contribution in [0.15, 0.2) is 90.1 Å². The number of halogens is 2. The second kappa shape index (κ2) is 9.69. The van der Waals surface area contributed by atoms with Gasteiger partial charge in [-0.05, 0) is 18.2 Å². The van der Waals surface area contributed by atoms with E-state index < -0.39 is 10.1 Å². The number of allylic oxidation sites excluding steroid dienone is 4. The molecule has 0 aromatic heterocycles. The van der Waals surface area contributed by atoms with Crippen LogP contribution in [0.1, 0.15) is 0 Å². The van der Waals surface area contributed by atoms with Crippen LogP contribution in [-0.2, 0) is 10.1 Å². The third-order valence-electron chi connectivity index (χ3n) is 3.33. The first kappa shape index (κ1) is 21.9. The van der Waals surface area contributed by atoms with Crippen molar-refractivity contribution in [2.75, 3.05) is 6.54 Å². The van der Waals surface area contributed by atoms with E-state index in [0.717, 1.165) is 6.07 Å². The molecule has 0 aliphatic rings. The number of hydrogen-bond donors (Lipinski definition) is 2. The van der Waals surface area contributed by atoms with Gasteiger partial charge in [0.1, 0.15) is 16.3 Å². The highest BCUT2D eigenvalue weighted by Crippen LogP contribution is 2.40. The molecule has 0 spiro atoms. The quantitative estimate of drug-likeness (QED) is 0.171. The first-order chi connectivity index (χ1) is 13.2. The van der Waals surface area contributed by atoms with E-state index in [1.54, 1.807) is 36.4 Å². The highest BCUT2D eigenvalue weighted by Gasteiger charge is 2.19. The van der Waals surface area contributed by atoms with Crippen molar-refractivity contribution in [1.82, 2.24) is 0 Å². The first-order valence-corrected chi connectivity index (χ1v) is 10.2. The third kappa shape index (κ3) is 5.80. The fraction of sp³-hybridized carbons (Fsp3) is 0.0588. The Kier molecular flexibility index (Phi) is 7.58. The Morgan fingerprint density at radius 1 is 1.29 bits per heavy atom. The first-order valence-electron chi connectivity index (χ1n) is 7.64. The SMILES string of the molecule is C=C(Br)/C=C(Cl)\C=C/C/N=N/c1cc(S(=O)(=O)O)c2ccccc2c1N=NN. The molecule has 0 radical (unpaired) electrons. The van der Waals surface area contributed by atoms with Crippen LogP contribution in [0.5, 0.6) is 0 Å². The summed E-state index contributed by atoms with van der Waals surface area (Å²) in [5.74, 6) is 5.17. The van der Waals surface area contributed by atoms with Crippen LogP contribution in [-0.4, -0.2) is 19.5 Å². The highest BCUT2D eigenvalue weighted by molar-refractivity contribution is 9.11. The van der Waals surface area contributed by atoms with E-state index in [-0.39, 0.29) is 28.2 Å². The highest BCUT2D eigenvalue weighted by atomic mass is 79.9. The summed E-state index contributed by atoms with van der Waals surface area (Å²) in [5.41, 5.74) is 0.316. The van der Waals surface area contributed by atoms with Gasteiger partial charge in [0, 0.05) is 20.3 Å². The number of fused-ring (bicyclic) bond motifs is 1. The summed E-state index contributed by atoms with van der Waals surface area (Å²) in [6.45, 7) is 3.80. The van der Waals surface area contributed by atoms with Crippen molar-refractivity contribution >= 4 is 59.8 Å². The molecule has 28 heavy (non-hydrogen) atoms. The van der Waals surface area contributed by atoms with Crippen molar-refractivity contribution in [3.63, 3.8) is 0 Å². The number of hydrogen-bond acceptors (Lipinski definition) is 6. The van der Waals surface area contributed by atoms with Crippen molar-refractivity contribution in [2.24, 2.45) is 26.4 Å². The summed E-state index contributed by atoms with van der Waals surface area (Å²) in [5, 5.41) is 16.2. The minimum absolute atomic E-state index is 0.0874. The van der Waals surface area contributed by atoms with Crippen molar-refractivity contribution in [3.8, 4) is 0 Å². The maximum Gasteiger partial charge on any atom is 0.295 e. The number of azo groups is 1. The second-order valence-corrected chi connectivity index (χ2v) is 8.13. The number of nitrogens with two attached hydrogens (primary N) is 1. The van der Waals surface area contributed by atoms with Gasteiger partial charge in [-0.3, -0.25) is 4.55 Å². The molecule has 0 atom stereocenters. The largest absolute Gasteiger partial charge is 0.305 e. The van der Waals surface area contributed by atoms with Crippen LogP contribution in [0.4, 0.5) is 11.4 Å². The number of rotatable bonds is 7. The van der Waals surface area contributed by atoms with E-state index >= 15 is 0 Å². The normalized spacial score (nSPS) is 13.3. The van der Waals surface area contributed by atoms with Crippen LogP contribution >= 0.6 is 27.5 Å². The van der Waals surface area contributed by atoms with Gasteiger partial charge in [0.15, 0.2) is 0 Å². The van der Waals surface area contributed by atoms with Gasteiger partial charge in [-0.1, -0.05) is 69.7 Å². The van der Waals surface area contributed by atoms with Gasteiger partial charge in [0.2, 0.25) is 0 Å². The summed E-state index contributed by atoms with van der Waals surface area (Å²) in [4.78, 5) is -0.314. The Balaban J connectivity index is 2.47. The van der Waals surface area contributed by atoms with Crippen molar-refractivity contribution in [1.29, 1.82) is 0 Å². The van der Waals surface area contributed by atoms with Gasteiger partial charge in [-0.15, -0.1) is 5.11 Å². The Morgan fingerprint density at radius 2 is 1.96 bits per heavy atom. The molecule has 8 nitrogen and oxygen atoms in total. The molecule has 0 fully saturated rings. The van der Waals surface area contributed by atoms with Crippen LogP contribution < -0.4 is 5.84 Å². The fourth-order valence-corrected chi connectivity index (χ4v) is 3.61. The number of nitrogens with zero attached hydrogens (tertiary/aromatic N) is 4. The van der Waals surface area contributed by atoms with Crippen LogP contribution in [0.2, 0.25) is 0 Å². The summed E-state index contributed by atoms with van der Waals surface area (Å²) < 4.78 is 33.7. The minimum atomic E-state index is -4.50. The lowest BCUT2D eigenvalue weighted by molar-refractivity contribution is 0.484. The minimum Gasteiger partial charge on any atom is -0.305 e. The van der Waals surface area contributed by atoms with Crippen LogP contribution in [0.3, 0.4) is 0 Å². The molecule has 0 amide bonds. The molecule has 0 aliphatic heterocycles. The average Bonchev–Trinajstić information content (AvgIpc) is 2.61. The molecule has 0 heterocycles. The molecule has 2 aromatic rings. The molecule has 2 aromatic carbocycles. The zero-order chi connectivity index (χ0) is 20.7. The van der Waals surface area contributed by atoms with E-state index in [2.05, 4.69) is 43.1 Å². The van der Waals surface area contributed by atoms with Gasteiger partial charge < -0.3 is 5.84 Å². The molecular formula is C17H15BrClN5O3S. The van der Waals surface area contributed by atoms with Gasteiger partial charge in [-0.25, -0.2) is 0 Å². The second-order valence-electron chi connectivity index (χ2n) is 5.28. The molecule has 0 bridgehead atoms. The van der Waals surface area contributed by atoms with Crippen LogP contribution in [0, 0.1) is 0 Å². The lowest BCUT2D eigenvalue weighted by Crippen LogP contribution is -1.99. The zero-order valence-corrected chi connectivity index (χ0v) is 17.5. The Morgan fingerprint density at radius 3 is 2.57 bits per heavy atom. The molecule has 0 unspecified atom stereocenters. The molecule has 0 saturated heterocycles. The summed E-state index contributed by atoms with van der Waals surface area (Å²) >= 11 is 9.11. The predicted octanol–water partition coefficient (Wildman–Crippen LogP) is 5.72. The van der Waals surface area contributed by atoms with Gasteiger partial charge in [-0.2, -0.15) is 18.6 Å². The van der Waals surface area contributed by atoms with E-state index in [0.29, 0.717) is 14.9 Å². The van der Waals surface area contributed by atoms with Crippen LogP contribution in [0.25, 0.3) is 10.8 Å². The lowest BCUT2D eigenvalue weighted by Gasteiger charge is -2.08. The summed E-state index contributed by atoms with van der Waals surface area (Å²) in [6, 6.07) is 7.62. The maximum absolute atomic E-state index is 11.8. The van der Waals surface area contributed by atoms with Gasteiger partial charge in [0.25, 0.3) is 10.1 Å². The molecule has 3 N–H and O–H groups in total. The average molecular weight is 485 g/mol. The molecule has 0 aliphatic carbocycles. The Bertz CT molecular complexity index is 1130. The molecular weight excluding hydrogens is 470 g/mol. The summed E-state index contributed by atoms with van der Waals surface area (Å²) in [6.07, 6.45) is 4.86. The van der Waals surface area contributed by atoms with E-state index in [4.69, 9.17) is 17.4 Å². The lowest BCUT2D eigenvalue weighted by atomic mass is 10.1. The van der Waals surface area contributed by atoms with E-state index in [1.807, 2.05) is 0 Å². The predicted molar refractivity (Wildman–Crippen MR) is 113 cm³/mol. The monoisotopic (exact) mass is 483 g/mol. The smallest absolute Gasteiger partial charge is 0.295 e. The summed E-state index contributed by atoms with van der Waals surface area (Å²) in [7, 11) is -4.50. The van der Waals surface area contributed by atoms with Crippen molar-refractivity contribution in [2.45, 2.75) is 4.90 Å². The molecule has 11 heteroatoms. The topological polar surface area (TPSA) is 130 Å². The standard InChI is InChI=1S/C17H15BrClN5O3S/c1-11(18)9-12(19)5-4-8-21-22-15-10-16(28(25,26)27)13-6-2-3-7-14(13)17(15)23-24-20/h2-7,9-10H,1,8H2,(H2,20,23)(H,25,26,27)/b5-4-,12-9+,22-21+. The van der Waals surface area contributed by atoms with Gasteiger partial charge >= 0.3 is 0 Å². The van der Waals surface area contributed by atoms with Crippen molar-refractivity contribution in [3.05, 3.63) is 64.7 Å². The molecule has 0 saturated carbocycles. The van der Waals surface area contributed by atoms with E-state index in [9.17, 15) is 13.0 Å². The maximum atomic E-state index is 11.8. The third-order valence-corrected chi connectivity index (χ3v) is 4.69. The molecule has 2 rings (SSSR count). The Labute approximate surface area is 175 Å². The zero-order valence-electron chi connectivity index (χ0n) is 14.3. The fourth-order valence-electron chi connectivity index (χ4n) is 2.29. The van der Waals surface area contributed by atoms with E-state index in [1.165, 1.54) is 6.07 Å². The molecule has 146 valence electrons.